The van der Waals surface area contributed by atoms with E-state index in [0.29, 0.717) is 6.61 Å². The van der Waals surface area contributed by atoms with Crippen LogP contribution in [0.15, 0.2) is 52.5 Å². The summed E-state index contributed by atoms with van der Waals surface area (Å²) >= 11 is 0. The molecule has 2 rings (SSSR count). The normalized spacial score (nSPS) is 11.5. The molecule has 0 fully saturated rings. The maximum atomic E-state index is 12.5. The number of rotatable bonds is 9. The Morgan fingerprint density at radius 1 is 1.19 bits per heavy atom. The molecule has 0 heterocycles. The quantitative estimate of drug-likeness (QED) is 0.413. The number of sulfonamides is 1. The van der Waals surface area contributed by atoms with Crippen molar-refractivity contribution in [3.8, 4) is 11.5 Å². The minimum Gasteiger partial charge on any atom is -0.495 e. The zero-order valence-electron chi connectivity index (χ0n) is 15.2. The lowest BCUT2D eigenvalue weighted by Crippen LogP contribution is -2.19. The number of unbranched alkanes of at least 4 members (excludes halogenated alkanes) is 1. The van der Waals surface area contributed by atoms with Crippen LogP contribution in [0.1, 0.15) is 30.9 Å². The highest BCUT2D eigenvalue weighted by molar-refractivity contribution is 7.89. The first kappa shape index (κ1) is 19.8. The first-order chi connectivity index (χ1) is 12.5. The van der Waals surface area contributed by atoms with Crippen LogP contribution in [-0.2, 0) is 10.0 Å². The highest BCUT2D eigenvalue weighted by Crippen LogP contribution is 2.24. The third kappa shape index (κ3) is 5.49. The van der Waals surface area contributed by atoms with Crippen LogP contribution in [0.4, 0.5) is 0 Å². The smallest absolute Gasteiger partial charge is 0.280 e. The van der Waals surface area contributed by atoms with Gasteiger partial charge in [0.15, 0.2) is 0 Å². The number of hydrazone groups is 1. The Morgan fingerprint density at radius 3 is 2.73 bits per heavy atom. The second-order valence-electron chi connectivity index (χ2n) is 5.78. The molecule has 0 aliphatic carbocycles. The van der Waals surface area contributed by atoms with Crippen LogP contribution in [0.25, 0.3) is 0 Å². The summed E-state index contributed by atoms with van der Waals surface area (Å²) in [4.78, 5) is 2.27. The molecule has 1 N–H and O–H groups in total. The summed E-state index contributed by atoms with van der Waals surface area (Å²) < 4.78 is 35.7. The molecule has 26 heavy (non-hydrogen) atoms. The molecule has 0 aliphatic heterocycles. The molecule has 2 aromatic carbocycles. The zero-order valence-corrected chi connectivity index (χ0v) is 16.0. The summed E-state index contributed by atoms with van der Waals surface area (Å²) in [5, 5.41) is 3.86. The van der Waals surface area contributed by atoms with Crippen molar-refractivity contribution in [2.24, 2.45) is 5.10 Å². The number of nitrogens with zero attached hydrogens (tertiary/aromatic N) is 1. The largest absolute Gasteiger partial charge is 0.495 e. The maximum Gasteiger partial charge on any atom is 0.280 e. The summed E-state index contributed by atoms with van der Waals surface area (Å²) in [6, 6.07) is 12.3. The van der Waals surface area contributed by atoms with E-state index in [9.17, 15) is 8.42 Å². The van der Waals surface area contributed by atoms with Crippen molar-refractivity contribution in [1.82, 2.24) is 4.83 Å². The van der Waals surface area contributed by atoms with E-state index in [1.807, 2.05) is 25.1 Å². The zero-order chi connectivity index (χ0) is 19.0. The molecule has 0 amide bonds. The van der Waals surface area contributed by atoms with Crippen molar-refractivity contribution in [2.75, 3.05) is 13.7 Å². The summed E-state index contributed by atoms with van der Waals surface area (Å²) in [5.74, 6) is 0.996. The Bertz CT molecular complexity index is 864. The van der Waals surface area contributed by atoms with Crippen molar-refractivity contribution < 1.29 is 17.9 Å². The number of nitrogens with one attached hydrogen (secondary N) is 1. The highest BCUT2D eigenvalue weighted by atomic mass is 32.2. The van der Waals surface area contributed by atoms with E-state index in [4.69, 9.17) is 9.47 Å². The monoisotopic (exact) mass is 376 g/mol. The lowest BCUT2D eigenvalue weighted by molar-refractivity contribution is 0.309. The Labute approximate surface area is 154 Å². The van der Waals surface area contributed by atoms with Crippen LogP contribution in [0.5, 0.6) is 11.5 Å². The van der Waals surface area contributed by atoms with Crippen molar-refractivity contribution in [2.45, 2.75) is 31.6 Å². The number of ether oxygens (including phenoxy) is 2. The molecule has 7 heteroatoms. The predicted molar refractivity (Wildman–Crippen MR) is 102 cm³/mol. The molecular formula is C19H24N2O4S. The van der Waals surface area contributed by atoms with Crippen LogP contribution in [0, 0.1) is 6.92 Å². The van der Waals surface area contributed by atoms with Gasteiger partial charge in [-0.25, -0.2) is 0 Å². The van der Waals surface area contributed by atoms with Crippen LogP contribution in [0.3, 0.4) is 0 Å². The van der Waals surface area contributed by atoms with Crippen molar-refractivity contribution >= 4 is 16.2 Å². The van der Waals surface area contributed by atoms with Crippen molar-refractivity contribution in [3.63, 3.8) is 0 Å². The van der Waals surface area contributed by atoms with E-state index in [1.165, 1.54) is 13.3 Å². The van der Waals surface area contributed by atoms with E-state index in [1.54, 1.807) is 24.3 Å². The summed E-state index contributed by atoms with van der Waals surface area (Å²) in [6.07, 6.45) is 3.48. The van der Waals surface area contributed by atoms with E-state index in [0.717, 1.165) is 29.7 Å². The Hall–Kier alpha value is -2.54. The maximum absolute atomic E-state index is 12.5. The van der Waals surface area contributed by atoms with E-state index in [-0.39, 0.29) is 10.6 Å². The predicted octanol–water partition coefficient (Wildman–Crippen LogP) is 3.49. The summed E-state index contributed by atoms with van der Waals surface area (Å²) in [5.41, 5.74) is 1.55. The topological polar surface area (TPSA) is 77.0 Å². The average Bonchev–Trinajstić information content (AvgIpc) is 2.62. The number of benzene rings is 2. The van der Waals surface area contributed by atoms with E-state index < -0.39 is 10.0 Å². The number of methoxy groups -OCH3 is 1. The van der Waals surface area contributed by atoms with Gasteiger partial charge in [0, 0.05) is 0 Å². The molecule has 0 aromatic heterocycles. The van der Waals surface area contributed by atoms with Gasteiger partial charge in [0.2, 0.25) is 0 Å². The number of hydrogen-bond donors (Lipinski definition) is 1. The van der Waals surface area contributed by atoms with Gasteiger partial charge in [-0.05, 0) is 48.7 Å². The fourth-order valence-electron chi connectivity index (χ4n) is 2.23. The van der Waals surface area contributed by atoms with Crippen LogP contribution in [0.2, 0.25) is 0 Å². The molecule has 0 aliphatic rings. The van der Waals surface area contributed by atoms with Gasteiger partial charge in [-0.1, -0.05) is 31.5 Å². The molecule has 0 bridgehead atoms. The Balaban J connectivity index is 2.10. The molecule has 0 radical (unpaired) electrons. The average molecular weight is 376 g/mol. The Kier molecular flexibility index (Phi) is 7.03. The van der Waals surface area contributed by atoms with Crippen LogP contribution >= 0.6 is 0 Å². The Morgan fingerprint density at radius 2 is 2.00 bits per heavy atom. The van der Waals surface area contributed by atoms with Crippen molar-refractivity contribution in [3.05, 3.63) is 53.6 Å². The first-order valence-electron chi connectivity index (χ1n) is 8.38. The molecule has 0 saturated heterocycles. The number of aryl methyl sites for hydroxylation is 1. The van der Waals surface area contributed by atoms with Gasteiger partial charge in [0.25, 0.3) is 10.0 Å². The molecule has 6 nitrogen and oxygen atoms in total. The molecule has 0 unspecified atom stereocenters. The van der Waals surface area contributed by atoms with Gasteiger partial charge in [-0.3, -0.25) is 0 Å². The third-order valence-corrected chi connectivity index (χ3v) is 4.86. The molecule has 0 saturated carbocycles. The molecule has 0 spiro atoms. The molecule has 0 atom stereocenters. The fraction of sp³-hybridized carbons (Fsp3) is 0.316. The number of hydrogen-bond acceptors (Lipinski definition) is 5. The third-order valence-electron chi connectivity index (χ3n) is 3.62. The van der Waals surface area contributed by atoms with Gasteiger partial charge < -0.3 is 9.47 Å². The second-order valence-corrected chi connectivity index (χ2v) is 7.41. The summed E-state index contributed by atoms with van der Waals surface area (Å²) in [6.45, 7) is 4.56. The van der Waals surface area contributed by atoms with E-state index in [2.05, 4.69) is 16.9 Å². The first-order valence-corrected chi connectivity index (χ1v) is 9.87. The molecule has 140 valence electrons. The van der Waals surface area contributed by atoms with Crippen LogP contribution < -0.4 is 14.3 Å². The van der Waals surface area contributed by atoms with E-state index >= 15 is 0 Å². The standard InChI is InChI=1S/C19H24N2O4S/c1-4-5-11-25-17-8-6-7-16(13-17)14-20-21-26(22,23)19-12-15(2)9-10-18(19)24-3/h6-10,12-14,21H,4-5,11H2,1-3H3/b20-14+. The fourth-order valence-corrected chi connectivity index (χ4v) is 3.28. The molecule has 2 aromatic rings. The second kappa shape index (κ2) is 9.24. The highest BCUT2D eigenvalue weighted by Gasteiger charge is 2.18. The lowest BCUT2D eigenvalue weighted by Gasteiger charge is -2.09. The van der Waals surface area contributed by atoms with Gasteiger partial charge in [-0.15, -0.1) is 0 Å². The SMILES string of the molecule is CCCCOc1cccc(/C=N/NS(=O)(=O)c2cc(C)ccc2OC)c1. The van der Waals surface area contributed by atoms with Crippen LogP contribution in [-0.4, -0.2) is 28.3 Å². The van der Waals surface area contributed by atoms with Gasteiger partial charge >= 0.3 is 0 Å². The lowest BCUT2D eigenvalue weighted by atomic mass is 10.2. The minimum atomic E-state index is -3.83. The molecular weight excluding hydrogens is 352 g/mol. The van der Waals surface area contributed by atoms with Crippen molar-refractivity contribution in [1.29, 1.82) is 0 Å². The van der Waals surface area contributed by atoms with Gasteiger partial charge in [-0.2, -0.15) is 18.4 Å². The minimum absolute atomic E-state index is 0.0498. The van der Waals surface area contributed by atoms with Gasteiger partial charge in [0.1, 0.15) is 16.4 Å². The summed E-state index contributed by atoms with van der Waals surface area (Å²) in [7, 11) is -2.40. The van der Waals surface area contributed by atoms with Gasteiger partial charge in [0.05, 0.1) is 19.9 Å².